The van der Waals surface area contributed by atoms with Crippen LogP contribution >= 0.6 is 0 Å². The second kappa shape index (κ2) is 4.82. The van der Waals surface area contributed by atoms with E-state index in [1.165, 1.54) is 0 Å². The van der Waals surface area contributed by atoms with E-state index in [4.69, 9.17) is 9.16 Å². The van der Waals surface area contributed by atoms with Gasteiger partial charge in [-0.2, -0.15) is 0 Å². The molecule has 0 spiro atoms. The lowest BCUT2D eigenvalue weighted by molar-refractivity contribution is 0.134. The maximum Gasteiger partial charge on any atom is 0.261 e. The van der Waals surface area contributed by atoms with Gasteiger partial charge in [0.1, 0.15) is 0 Å². The molecule has 0 unspecified atom stereocenters. The van der Waals surface area contributed by atoms with Gasteiger partial charge in [-0.3, -0.25) is 0 Å². The Morgan fingerprint density at radius 1 is 1.00 bits per heavy atom. The Hall–Kier alpha value is -0.443. The first-order valence-corrected chi connectivity index (χ1v) is 8.76. The van der Waals surface area contributed by atoms with Crippen LogP contribution in [-0.2, 0) is 9.16 Å². The predicted molar refractivity (Wildman–Crippen MR) is 72.8 cm³/mol. The van der Waals surface area contributed by atoms with Gasteiger partial charge in [-0.05, 0) is 23.5 Å². The summed E-state index contributed by atoms with van der Waals surface area (Å²) in [5.41, 5.74) is 0.0771. The van der Waals surface area contributed by atoms with Gasteiger partial charge in [0.25, 0.3) is 14.3 Å². The van der Waals surface area contributed by atoms with Gasteiger partial charge < -0.3 is 9.16 Å². The summed E-state index contributed by atoms with van der Waals surface area (Å²) < 4.78 is 11.4. The Bertz CT molecular complexity index is 254. The zero-order chi connectivity index (χ0) is 13.2. The number of allylic oxidation sites excluding steroid dienone is 1. The largest absolute Gasteiger partial charge is 0.519 e. The molecule has 2 nitrogen and oxygen atoms in total. The predicted octanol–water partition coefficient (Wildman–Crippen LogP) is 4.54. The average molecular weight is 244 g/mol. The molecule has 0 atom stereocenters. The van der Waals surface area contributed by atoms with Crippen LogP contribution in [0.4, 0.5) is 0 Å². The molecule has 0 aliphatic carbocycles. The Balaban J connectivity index is 4.88. The van der Waals surface area contributed by atoms with Crippen LogP contribution in [-0.4, -0.2) is 15.4 Å². The lowest BCUT2D eigenvalue weighted by Gasteiger charge is -2.37. The molecule has 0 aliphatic rings. The molecule has 3 heteroatoms. The van der Waals surface area contributed by atoms with Crippen LogP contribution in [0.2, 0.25) is 18.1 Å². The van der Waals surface area contributed by atoms with E-state index in [1.54, 1.807) is 7.11 Å². The van der Waals surface area contributed by atoms with Crippen LogP contribution in [0.5, 0.6) is 0 Å². The maximum absolute atomic E-state index is 6.11. The zero-order valence-corrected chi connectivity index (χ0v) is 13.4. The summed E-state index contributed by atoms with van der Waals surface area (Å²) in [6, 6.07) is 0. The van der Waals surface area contributed by atoms with E-state index in [0.717, 1.165) is 0 Å². The molecular formula is C13H28O2Si. The molecule has 16 heavy (non-hydrogen) atoms. The quantitative estimate of drug-likeness (QED) is 0.536. The van der Waals surface area contributed by atoms with E-state index in [1.807, 2.05) is 6.08 Å². The fourth-order valence-electron chi connectivity index (χ4n) is 0.888. The number of ether oxygens (including phenoxy) is 1. The van der Waals surface area contributed by atoms with E-state index in [-0.39, 0.29) is 10.5 Å². The lowest BCUT2D eigenvalue weighted by atomic mass is 9.97. The molecule has 0 bridgehead atoms. The minimum atomic E-state index is -1.78. The molecule has 0 saturated carbocycles. The molecule has 0 radical (unpaired) electrons. The first-order chi connectivity index (χ1) is 6.89. The normalized spacial score (nSPS) is 14.9. The van der Waals surface area contributed by atoms with Gasteiger partial charge in [-0.1, -0.05) is 41.5 Å². The Morgan fingerprint density at radius 3 is 1.69 bits per heavy atom. The first-order valence-electron chi connectivity index (χ1n) is 5.85. The molecule has 0 aliphatic heterocycles. The molecule has 0 N–H and O–H groups in total. The van der Waals surface area contributed by atoms with Crippen LogP contribution in [0, 0.1) is 5.41 Å². The number of hydrogen-bond acceptors (Lipinski definition) is 2. The van der Waals surface area contributed by atoms with Gasteiger partial charge >= 0.3 is 0 Å². The third-order valence-electron chi connectivity index (χ3n) is 2.91. The SMILES string of the molecule is CO/C(=C\C(C)(C)C)O[Si](C)(C)C(C)(C)C. The minimum Gasteiger partial charge on any atom is -0.519 e. The van der Waals surface area contributed by atoms with Crippen molar-refractivity contribution < 1.29 is 9.16 Å². The second-order valence-electron chi connectivity index (χ2n) is 6.90. The smallest absolute Gasteiger partial charge is 0.261 e. The third kappa shape index (κ3) is 5.06. The Morgan fingerprint density at radius 2 is 1.44 bits per heavy atom. The van der Waals surface area contributed by atoms with Crippen molar-refractivity contribution in [2.45, 2.75) is 59.7 Å². The van der Waals surface area contributed by atoms with Crippen molar-refractivity contribution in [1.82, 2.24) is 0 Å². The summed E-state index contributed by atoms with van der Waals surface area (Å²) in [5, 5.41) is 0.197. The highest BCUT2D eigenvalue weighted by Gasteiger charge is 2.40. The summed E-state index contributed by atoms with van der Waals surface area (Å²) >= 11 is 0. The van der Waals surface area contributed by atoms with Gasteiger partial charge in [-0.15, -0.1) is 0 Å². The van der Waals surface area contributed by atoms with Crippen molar-refractivity contribution in [2.24, 2.45) is 5.41 Å². The molecular weight excluding hydrogens is 216 g/mol. The van der Waals surface area contributed by atoms with Crippen LogP contribution in [0.1, 0.15) is 41.5 Å². The fraction of sp³-hybridized carbons (Fsp3) is 0.846. The molecule has 0 aromatic heterocycles. The number of hydrogen-bond donors (Lipinski definition) is 0. The fourth-order valence-corrected chi connectivity index (χ4v) is 1.84. The highest BCUT2D eigenvalue weighted by molar-refractivity contribution is 6.74. The molecule has 0 aromatic rings. The van der Waals surface area contributed by atoms with Gasteiger partial charge in [0, 0.05) is 6.08 Å². The minimum absolute atomic E-state index is 0.0771. The number of methoxy groups -OCH3 is 1. The van der Waals surface area contributed by atoms with E-state index < -0.39 is 8.32 Å². The lowest BCUT2D eigenvalue weighted by Crippen LogP contribution is -2.40. The number of rotatable bonds is 3. The van der Waals surface area contributed by atoms with Crippen LogP contribution in [0.3, 0.4) is 0 Å². The van der Waals surface area contributed by atoms with Gasteiger partial charge in [0.15, 0.2) is 0 Å². The topological polar surface area (TPSA) is 18.5 Å². The maximum atomic E-state index is 6.11. The van der Waals surface area contributed by atoms with Crippen molar-refractivity contribution in [3.8, 4) is 0 Å². The molecule has 0 heterocycles. The molecule has 0 amide bonds. The van der Waals surface area contributed by atoms with Crippen molar-refractivity contribution in [1.29, 1.82) is 0 Å². The standard InChI is InChI=1S/C13H28O2Si/c1-12(2,3)10-11(14-7)15-16(8,9)13(4,5)6/h10H,1-9H3/b11-10+. The summed E-state index contributed by atoms with van der Waals surface area (Å²) in [7, 11) is -0.111. The molecule has 0 rings (SSSR count). The Kier molecular flexibility index (Phi) is 4.69. The monoisotopic (exact) mass is 244 g/mol. The van der Waals surface area contributed by atoms with E-state index >= 15 is 0 Å². The van der Waals surface area contributed by atoms with E-state index in [0.29, 0.717) is 5.95 Å². The molecule has 0 aromatic carbocycles. The summed E-state index contributed by atoms with van der Waals surface area (Å²) in [4.78, 5) is 0. The second-order valence-corrected chi connectivity index (χ2v) is 11.6. The van der Waals surface area contributed by atoms with Crippen molar-refractivity contribution in [3.05, 3.63) is 12.0 Å². The summed E-state index contributed by atoms with van der Waals surface area (Å²) in [5.74, 6) is 0.666. The Labute approximate surface area is 102 Å². The van der Waals surface area contributed by atoms with Crippen molar-refractivity contribution >= 4 is 8.32 Å². The molecule has 0 fully saturated rings. The van der Waals surface area contributed by atoms with Crippen LogP contribution in [0.25, 0.3) is 0 Å². The van der Waals surface area contributed by atoms with E-state index in [2.05, 4.69) is 54.6 Å². The van der Waals surface area contributed by atoms with Crippen molar-refractivity contribution in [3.63, 3.8) is 0 Å². The zero-order valence-electron chi connectivity index (χ0n) is 12.4. The first kappa shape index (κ1) is 15.6. The van der Waals surface area contributed by atoms with E-state index in [9.17, 15) is 0 Å². The average Bonchev–Trinajstić information content (AvgIpc) is 1.97. The van der Waals surface area contributed by atoms with Crippen LogP contribution in [0.15, 0.2) is 12.0 Å². The summed E-state index contributed by atoms with van der Waals surface area (Å²) in [6.07, 6.45) is 2.05. The third-order valence-corrected chi connectivity index (χ3v) is 7.24. The van der Waals surface area contributed by atoms with Gasteiger partial charge in [0.05, 0.1) is 7.11 Å². The molecule has 0 saturated heterocycles. The highest BCUT2D eigenvalue weighted by Crippen LogP contribution is 2.38. The summed E-state index contributed by atoms with van der Waals surface area (Å²) in [6.45, 7) is 17.5. The van der Waals surface area contributed by atoms with Gasteiger partial charge in [0.2, 0.25) is 0 Å². The van der Waals surface area contributed by atoms with Gasteiger partial charge in [-0.25, -0.2) is 0 Å². The molecule has 96 valence electrons. The highest BCUT2D eigenvalue weighted by atomic mass is 28.4. The van der Waals surface area contributed by atoms with Crippen molar-refractivity contribution in [2.75, 3.05) is 7.11 Å². The van der Waals surface area contributed by atoms with Crippen LogP contribution < -0.4 is 0 Å².